The minimum Gasteiger partial charge on any atom is -0.481 e. The van der Waals surface area contributed by atoms with Crippen LogP contribution in [0, 0.1) is 5.92 Å². The first-order valence-electron chi connectivity index (χ1n) is 8.69. The maximum absolute atomic E-state index is 10.4. The second-order valence-corrected chi connectivity index (χ2v) is 6.41. The van der Waals surface area contributed by atoms with Crippen molar-refractivity contribution in [1.82, 2.24) is 0 Å². The molecule has 1 fully saturated rings. The third-order valence-corrected chi connectivity index (χ3v) is 4.75. The molecule has 2 heteroatoms. The van der Waals surface area contributed by atoms with Crippen molar-refractivity contribution in [2.75, 3.05) is 0 Å². The fourth-order valence-corrected chi connectivity index (χ4v) is 3.56. The molecule has 120 valence electrons. The largest absolute Gasteiger partial charge is 0.481 e. The van der Waals surface area contributed by atoms with Gasteiger partial charge in [0, 0.05) is 6.42 Å². The van der Waals surface area contributed by atoms with E-state index < -0.39 is 5.97 Å². The van der Waals surface area contributed by atoms with E-state index in [0.717, 1.165) is 25.2 Å². The van der Waals surface area contributed by atoms with Crippen molar-refractivity contribution in [2.45, 2.75) is 63.7 Å². The van der Waals surface area contributed by atoms with E-state index in [2.05, 4.69) is 42.5 Å². The van der Waals surface area contributed by atoms with Crippen LogP contribution in [0.5, 0.6) is 0 Å². The average molecular weight is 300 g/mol. The van der Waals surface area contributed by atoms with Gasteiger partial charge in [0.2, 0.25) is 0 Å². The van der Waals surface area contributed by atoms with Crippen LogP contribution in [0.1, 0.15) is 69.3 Å². The van der Waals surface area contributed by atoms with E-state index in [0.29, 0.717) is 12.3 Å². The van der Waals surface area contributed by atoms with Crippen molar-refractivity contribution in [1.29, 1.82) is 0 Å². The number of carboxylic acids is 1. The van der Waals surface area contributed by atoms with Crippen LogP contribution in [-0.4, -0.2) is 11.1 Å². The molecule has 1 N–H and O–H groups in total. The molecule has 1 saturated carbocycles. The molecule has 0 heterocycles. The zero-order chi connectivity index (χ0) is 15.6. The molecular formula is C20H28O2. The summed E-state index contributed by atoms with van der Waals surface area (Å²) in [6.07, 6.45) is 14.2. The Kier molecular flexibility index (Phi) is 7.21. The highest BCUT2D eigenvalue weighted by Crippen LogP contribution is 2.39. The number of aliphatic carboxylic acids is 1. The molecule has 22 heavy (non-hydrogen) atoms. The Hall–Kier alpha value is -1.57. The lowest BCUT2D eigenvalue weighted by molar-refractivity contribution is -0.137. The molecule has 0 aliphatic heterocycles. The molecule has 0 saturated heterocycles. The number of carbonyl (C=O) groups is 1. The summed E-state index contributed by atoms with van der Waals surface area (Å²) < 4.78 is 0. The number of carboxylic acid groups (broad SMARTS) is 1. The SMILES string of the molecule is O=C(O)CCCC/C=C\C[C@H]1CCCC[C@H]1c1ccccc1. The highest BCUT2D eigenvalue weighted by atomic mass is 16.4. The van der Waals surface area contributed by atoms with Gasteiger partial charge < -0.3 is 5.11 Å². The zero-order valence-corrected chi connectivity index (χ0v) is 13.4. The minimum absolute atomic E-state index is 0.298. The smallest absolute Gasteiger partial charge is 0.303 e. The number of allylic oxidation sites excluding steroid dienone is 2. The Bertz CT molecular complexity index is 464. The summed E-state index contributed by atoms with van der Waals surface area (Å²) in [5.74, 6) is 0.801. The molecular weight excluding hydrogens is 272 g/mol. The molecule has 1 aromatic rings. The van der Waals surface area contributed by atoms with Gasteiger partial charge in [-0.15, -0.1) is 0 Å². The summed E-state index contributed by atoms with van der Waals surface area (Å²) in [5.41, 5.74) is 1.50. The Labute approximate surface area is 134 Å². The molecule has 0 aromatic heterocycles. The lowest BCUT2D eigenvalue weighted by Crippen LogP contribution is -2.17. The third-order valence-electron chi connectivity index (χ3n) is 4.75. The van der Waals surface area contributed by atoms with E-state index in [1.54, 1.807) is 0 Å². The lowest BCUT2D eigenvalue weighted by Gasteiger charge is -2.31. The second-order valence-electron chi connectivity index (χ2n) is 6.41. The first kappa shape index (κ1) is 16.8. The van der Waals surface area contributed by atoms with Crippen molar-refractivity contribution in [3.63, 3.8) is 0 Å². The number of hydrogen-bond donors (Lipinski definition) is 1. The van der Waals surface area contributed by atoms with E-state index in [4.69, 9.17) is 5.11 Å². The van der Waals surface area contributed by atoms with Gasteiger partial charge in [-0.3, -0.25) is 4.79 Å². The topological polar surface area (TPSA) is 37.3 Å². The standard InChI is InChI=1S/C20H28O2/c21-20(22)16-8-3-1-2-5-11-18-14-9-10-15-19(18)17-12-6-4-7-13-17/h2,4-7,12-13,18-19H,1,3,8-11,14-16H2,(H,21,22)/b5-2-/t18-,19-/m0/s1. The van der Waals surface area contributed by atoms with Crippen LogP contribution in [0.15, 0.2) is 42.5 Å². The van der Waals surface area contributed by atoms with Gasteiger partial charge in [0.1, 0.15) is 0 Å². The normalized spacial score (nSPS) is 22.0. The number of rotatable bonds is 8. The third kappa shape index (κ3) is 5.67. The monoisotopic (exact) mass is 300 g/mol. The van der Waals surface area contributed by atoms with E-state index in [1.165, 1.54) is 37.7 Å². The number of benzene rings is 1. The van der Waals surface area contributed by atoms with Gasteiger partial charge in [0.05, 0.1) is 0 Å². The summed E-state index contributed by atoms with van der Waals surface area (Å²) in [4.78, 5) is 10.4. The van der Waals surface area contributed by atoms with E-state index in [-0.39, 0.29) is 0 Å². The molecule has 2 rings (SSSR count). The molecule has 0 unspecified atom stereocenters. The molecule has 2 nitrogen and oxygen atoms in total. The quantitative estimate of drug-likeness (QED) is 0.504. The molecule has 0 radical (unpaired) electrons. The molecule has 0 spiro atoms. The predicted octanol–water partition coefficient (Wildman–Crippen LogP) is 5.55. The van der Waals surface area contributed by atoms with Crippen LogP contribution in [0.3, 0.4) is 0 Å². The summed E-state index contributed by atoms with van der Waals surface area (Å²) in [6.45, 7) is 0. The summed E-state index contributed by atoms with van der Waals surface area (Å²) >= 11 is 0. The maximum Gasteiger partial charge on any atom is 0.303 e. The first-order valence-corrected chi connectivity index (χ1v) is 8.69. The second kappa shape index (κ2) is 9.45. The summed E-state index contributed by atoms with van der Waals surface area (Å²) in [5, 5.41) is 8.61. The summed E-state index contributed by atoms with van der Waals surface area (Å²) in [6, 6.07) is 11.0. The van der Waals surface area contributed by atoms with Crippen LogP contribution in [-0.2, 0) is 4.79 Å². The fraction of sp³-hybridized carbons (Fsp3) is 0.550. The Morgan fingerprint density at radius 1 is 1.09 bits per heavy atom. The Morgan fingerprint density at radius 3 is 2.64 bits per heavy atom. The zero-order valence-electron chi connectivity index (χ0n) is 13.4. The molecule has 0 bridgehead atoms. The van der Waals surface area contributed by atoms with E-state index in [9.17, 15) is 4.79 Å². The van der Waals surface area contributed by atoms with Gasteiger partial charge >= 0.3 is 5.97 Å². The van der Waals surface area contributed by atoms with Crippen LogP contribution in [0.25, 0.3) is 0 Å². The maximum atomic E-state index is 10.4. The van der Waals surface area contributed by atoms with Gasteiger partial charge in [-0.05, 0) is 55.9 Å². The molecule has 1 aromatic carbocycles. The minimum atomic E-state index is -0.683. The van der Waals surface area contributed by atoms with Crippen molar-refractivity contribution < 1.29 is 9.90 Å². The van der Waals surface area contributed by atoms with Gasteiger partial charge in [-0.2, -0.15) is 0 Å². The van der Waals surface area contributed by atoms with E-state index >= 15 is 0 Å². The van der Waals surface area contributed by atoms with Crippen molar-refractivity contribution in [3.8, 4) is 0 Å². The molecule has 0 amide bonds. The molecule has 1 aliphatic carbocycles. The lowest BCUT2D eigenvalue weighted by atomic mass is 9.74. The van der Waals surface area contributed by atoms with Crippen LogP contribution in [0.2, 0.25) is 0 Å². The highest BCUT2D eigenvalue weighted by molar-refractivity contribution is 5.66. The Balaban J connectivity index is 1.76. The van der Waals surface area contributed by atoms with Gasteiger partial charge in [0.25, 0.3) is 0 Å². The van der Waals surface area contributed by atoms with E-state index in [1.807, 2.05) is 0 Å². The van der Waals surface area contributed by atoms with Gasteiger partial charge in [-0.25, -0.2) is 0 Å². The van der Waals surface area contributed by atoms with Crippen LogP contribution < -0.4 is 0 Å². The van der Waals surface area contributed by atoms with Gasteiger partial charge in [0.15, 0.2) is 0 Å². The van der Waals surface area contributed by atoms with Crippen molar-refractivity contribution in [3.05, 3.63) is 48.0 Å². The summed E-state index contributed by atoms with van der Waals surface area (Å²) in [7, 11) is 0. The molecule has 1 aliphatic rings. The van der Waals surface area contributed by atoms with Crippen LogP contribution >= 0.6 is 0 Å². The fourth-order valence-electron chi connectivity index (χ4n) is 3.56. The average Bonchev–Trinajstić information content (AvgIpc) is 2.55. The predicted molar refractivity (Wildman–Crippen MR) is 91.0 cm³/mol. The van der Waals surface area contributed by atoms with Crippen LogP contribution in [0.4, 0.5) is 0 Å². The first-order chi connectivity index (χ1) is 10.8. The number of unbranched alkanes of at least 4 members (excludes halogenated alkanes) is 2. The molecule has 2 atom stereocenters. The highest BCUT2D eigenvalue weighted by Gasteiger charge is 2.25. The van der Waals surface area contributed by atoms with Gasteiger partial charge in [-0.1, -0.05) is 55.3 Å². The number of hydrogen-bond acceptors (Lipinski definition) is 1. The van der Waals surface area contributed by atoms with Crippen molar-refractivity contribution >= 4 is 5.97 Å². The van der Waals surface area contributed by atoms with Crippen molar-refractivity contribution in [2.24, 2.45) is 5.92 Å². The Morgan fingerprint density at radius 2 is 1.86 bits per heavy atom.